The first-order valence-corrected chi connectivity index (χ1v) is 6.96. The lowest BCUT2D eigenvalue weighted by Crippen LogP contribution is -2.45. The van der Waals surface area contributed by atoms with E-state index in [1.54, 1.807) is 0 Å². The van der Waals surface area contributed by atoms with Crippen LogP contribution in [0.1, 0.15) is 59.3 Å². The summed E-state index contributed by atoms with van der Waals surface area (Å²) in [4.78, 5) is 11.8. The van der Waals surface area contributed by atoms with Crippen LogP contribution in [-0.2, 0) is 4.79 Å². The molecule has 0 saturated heterocycles. The minimum atomic E-state index is -0.345. The van der Waals surface area contributed by atoms with E-state index in [0.717, 1.165) is 13.0 Å². The maximum absolute atomic E-state index is 11.8. The van der Waals surface area contributed by atoms with Gasteiger partial charge in [0.15, 0.2) is 0 Å². The molecule has 3 nitrogen and oxygen atoms in total. The van der Waals surface area contributed by atoms with Gasteiger partial charge in [-0.25, -0.2) is 0 Å². The molecule has 1 aliphatic rings. The molecule has 0 unspecified atom stereocenters. The summed E-state index contributed by atoms with van der Waals surface area (Å²) in [6.45, 7) is 7.25. The Balaban J connectivity index is 2.31. The van der Waals surface area contributed by atoms with E-state index in [4.69, 9.17) is 5.73 Å². The zero-order chi connectivity index (χ0) is 12.9. The Morgan fingerprint density at radius 3 is 2.41 bits per heavy atom. The van der Waals surface area contributed by atoms with Crippen LogP contribution in [0, 0.1) is 11.3 Å². The summed E-state index contributed by atoms with van der Waals surface area (Å²) < 4.78 is 0. The zero-order valence-electron chi connectivity index (χ0n) is 11.6. The molecule has 0 heterocycles. The van der Waals surface area contributed by atoms with Gasteiger partial charge in [-0.1, -0.05) is 40.0 Å². The fraction of sp³-hybridized carbons (Fsp3) is 0.929. The maximum Gasteiger partial charge on any atom is 0.236 e. The van der Waals surface area contributed by atoms with Crippen molar-refractivity contribution in [3.05, 3.63) is 0 Å². The predicted octanol–water partition coefficient (Wildman–Crippen LogP) is 2.45. The molecule has 0 aromatic rings. The Labute approximate surface area is 106 Å². The molecule has 0 aromatic carbocycles. The average Bonchev–Trinajstić information content (AvgIpc) is 2.26. The van der Waals surface area contributed by atoms with Gasteiger partial charge in [0.1, 0.15) is 0 Å². The van der Waals surface area contributed by atoms with E-state index in [1.165, 1.54) is 32.1 Å². The first-order chi connectivity index (χ1) is 7.93. The van der Waals surface area contributed by atoms with Crippen LogP contribution >= 0.6 is 0 Å². The molecule has 1 aliphatic carbocycles. The number of carbonyl (C=O) groups is 1. The molecule has 1 atom stereocenters. The van der Waals surface area contributed by atoms with Crippen LogP contribution in [-0.4, -0.2) is 18.5 Å². The molecule has 1 fully saturated rings. The van der Waals surface area contributed by atoms with Crippen molar-refractivity contribution >= 4 is 5.91 Å². The number of hydrogen-bond acceptors (Lipinski definition) is 2. The minimum absolute atomic E-state index is 0.0190. The quantitative estimate of drug-likeness (QED) is 0.775. The summed E-state index contributed by atoms with van der Waals surface area (Å²) in [5.41, 5.74) is 6.16. The third-order valence-electron chi connectivity index (χ3n) is 3.81. The summed E-state index contributed by atoms with van der Waals surface area (Å²) in [7, 11) is 0. The van der Waals surface area contributed by atoms with E-state index < -0.39 is 0 Å². The van der Waals surface area contributed by atoms with Gasteiger partial charge in [0.05, 0.1) is 6.04 Å². The van der Waals surface area contributed by atoms with Gasteiger partial charge in [-0.15, -0.1) is 0 Å². The molecule has 3 N–H and O–H groups in total. The monoisotopic (exact) mass is 240 g/mol. The molecule has 1 amide bonds. The van der Waals surface area contributed by atoms with Crippen molar-refractivity contribution in [2.45, 2.75) is 65.3 Å². The van der Waals surface area contributed by atoms with Crippen LogP contribution in [0.3, 0.4) is 0 Å². The first kappa shape index (κ1) is 14.5. The van der Waals surface area contributed by atoms with Crippen LogP contribution < -0.4 is 11.1 Å². The molecule has 0 bridgehead atoms. The van der Waals surface area contributed by atoms with Crippen LogP contribution in [0.2, 0.25) is 0 Å². The van der Waals surface area contributed by atoms with Crippen LogP contribution in [0.15, 0.2) is 0 Å². The standard InChI is InChI=1S/C14H28N2O/c1-11(2)9-12(15)13(17)16-10-14(3)7-5-4-6-8-14/h11-12H,4-10,15H2,1-3H3,(H,16,17)/t12-/m0/s1. The summed E-state index contributed by atoms with van der Waals surface area (Å²) in [6.07, 6.45) is 7.16. The molecule has 1 rings (SSSR count). The van der Waals surface area contributed by atoms with Gasteiger partial charge in [-0.05, 0) is 30.6 Å². The van der Waals surface area contributed by atoms with Crippen molar-refractivity contribution in [1.29, 1.82) is 0 Å². The van der Waals surface area contributed by atoms with Crippen molar-refractivity contribution in [2.75, 3.05) is 6.54 Å². The van der Waals surface area contributed by atoms with Gasteiger partial charge < -0.3 is 11.1 Å². The number of nitrogens with two attached hydrogens (primary N) is 1. The highest BCUT2D eigenvalue weighted by Gasteiger charge is 2.27. The lowest BCUT2D eigenvalue weighted by Gasteiger charge is -2.34. The number of nitrogens with one attached hydrogen (secondary N) is 1. The van der Waals surface area contributed by atoms with Crippen molar-refractivity contribution in [2.24, 2.45) is 17.1 Å². The van der Waals surface area contributed by atoms with Crippen molar-refractivity contribution in [3.8, 4) is 0 Å². The maximum atomic E-state index is 11.8. The molecule has 1 saturated carbocycles. The average molecular weight is 240 g/mol. The molecule has 0 aromatic heterocycles. The number of hydrogen-bond donors (Lipinski definition) is 2. The van der Waals surface area contributed by atoms with E-state index in [1.807, 2.05) is 0 Å². The SMILES string of the molecule is CC(C)C[C@H](N)C(=O)NCC1(C)CCCCC1. The molecule has 17 heavy (non-hydrogen) atoms. The highest BCUT2D eigenvalue weighted by atomic mass is 16.2. The van der Waals surface area contributed by atoms with Crippen molar-refractivity contribution < 1.29 is 4.79 Å². The Bertz CT molecular complexity index is 245. The van der Waals surface area contributed by atoms with Gasteiger partial charge in [-0.2, -0.15) is 0 Å². The number of amides is 1. The summed E-state index contributed by atoms with van der Waals surface area (Å²) >= 11 is 0. The summed E-state index contributed by atoms with van der Waals surface area (Å²) in [5, 5.41) is 3.03. The Morgan fingerprint density at radius 1 is 1.29 bits per heavy atom. The molecular formula is C14H28N2O. The summed E-state index contributed by atoms with van der Waals surface area (Å²) in [6, 6.07) is -0.345. The molecular weight excluding hydrogens is 212 g/mol. The largest absolute Gasteiger partial charge is 0.354 e. The topological polar surface area (TPSA) is 55.1 Å². The highest BCUT2D eigenvalue weighted by Crippen LogP contribution is 2.34. The summed E-state index contributed by atoms with van der Waals surface area (Å²) in [5.74, 6) is 0.492. The molecule has 3 heteroatoms. The normalized spacial score (nSPS) is 21.2. The predicted molar refractivity (Wildman–Crippen MR) is 71.6 cm³/mol. The van der Waals surface area contributed by atoms with E-state index in [0.29, 0.717) is 11.3 Å². The smallest absolute Gasteiger partial charge is 0.236 e. The zero-order valence-corrected chi connectivity index (χ0v) is 11.6. The van der Waals surface area contributed by atoms with Crippen LogP contribution in [0.5, 0.6) is 0 Å². The molecule has 0 radical (unpaired) electrons. The Morgan fingerprint density at radius 2 is 1.88 bits per heavy atom. The Hall–Kier alpha value is -0.570. The van der Waals surface area contributed by atoms with Gasteiger partial charge in [0.2, 0.25) is 5.91 Å². The fourth-order valence-corrected chi connectivity index (χ4v) is 2.63. The third kappa shape index (κ3) is 5.07. The van der Waals surface area contributed by atoms with Gasteiger partial charge in [0, 0.05) is 6.54 Å². The van der Waals surface area contributed by atoms with Crippen molar-refractivity contribution in [3.63, 3.8) is 0 Å². The van der Waals surface area contributed by atoms with E-state index in [9.17, 15) is 4.79 Å². The van der Waals surface area contributed by atoms with E-state index in [-0.39, 0.29) is 11.9 Å². The van der Waals surface area contributed by atoms with Crippen LogP contribution in [0.4, 0.5) is 0 Å². The minimum Gasteiger partial charge on any atom is -0.354 e. The van der Waals surface area contributed by atoms with Gasteiger partial charge in [0.25, 0.3) is 0 Å². The molecule has 0 aliphatic heterocycles. The molecule has 100 valence electrons. The van der Waals surface area contributed by atoms with Crippen LogP contribution in [0.25, 0.3) is 0 Å². The van der Waals surface area contributed by atoms with Gasteiger partial charge in [-0.3, -0.25) is 4.79 Å². The number of carbonyl (C=O) groups excluding carboxylic acids is 1. The van der Waals surface area contributed by atoms with Crippen molar-refractivity contribution in [1.82, 2.24) is 5.32 Å². The van der Waals surface area contributed by atoms with E-state index >= 15 is 0 Å². The fourth-order valence-electron chi connectivity index (χ4n) is 2.63. The third-order valence-corrected chi connectivity index (χ3v) is 3.81. The molecule has 0 spiro atoms. The van der Waals surface area contributed by atoms with Gasteiger partial charge >= 0.3 is 0 Å². The second-order valence-corrected chi connectivity index (χ2v) is 6.33. The lowest BCUT2D eigenvalue weighted by atomic mass is 9.75. The Kier molecular flexibility index (Phi) is 5.44. The lowest BCUT2D eigenvalue weighted by molar-refractivity contribution is -0.123. The second kappa shape index (κ2) is 6.39. The number of rotatable bonds is 5. The first-order valence-electron chi connectivity index (χ1n) is 6.96. The highest BCUT2D eigenvalue weighted by molar-refractivity contribution is 5.81. The van der Waals surface area contributed by atoms with E-state index in [2.05, 4.69) is 26.1 Å². The second-order valence-electron chi connectivity index (χ2n) is 6.33.